The molecule has 0 fully saturated rings. The summed E-state index contributed by atoms with van der Waals surface area (Å²) in [6.45, 7) is 20.7. The van der Waals surface area contributed by atoms with E-state index in [4.69, 9.17) is 23.4 Å². The van der Waals surface area contributed by atoms with Crippen molar-refractivity contribution in [1.82, 2.24) is 0 Å². The van der Waals surface area contributed by atoms with E-state index < -0.39 is 13.2 Å². The summed E-state index contributed by atoms with van der Waals surface area (Å²) in [5.41, 5.74) is 4.84. The summed E-state index contributed by atoms with van der Waals surface area (Å²) >= 11 is 0. The Labute approximate surface area is 295 Å². The lowest BCUT2D eigenvalue weighted by molar-refractivity contribution is -0.384. The monoisotopic (exact) mass is 697 g/mol. The fourth-order valence-electron chi connectivity index (χ4n) is 6.97. The van der Waals surface area contributed by atoms with Crippen molar-refractivity contribution in [2.75, 3.05) is 20.8 Å². The number of rotatable bonds is 22. The van der Waals surface area contributed by atoms with Gasteiger partial charge in [0.05, 0.1) is 50.2 Å². The average molecular weight is 698 g/mol. The highest BCUT2D eigenvalue weighted by atomic mass is 28.4. The van der Waals surface area contributed by atoms with Crippen LogP contribution in [0.5, 0.6) is 5.75 Å². The molecule has 0 aliphatic carbocycles. The van der Waals surface area contributed by atoms with Crippen LogP contribution in [0.3, 0.4) is 0 Å². The van der Waals surface area contributed by atoms with E-state index in [0.717, 1.165) is 34.3 Å². The van der Waals surface area contributed by atoms with Crippen LogP contribution in [0, 0.1) is 16.0 Å². The summed E-state index contributed by atoms with van der Waals surface area (Å²) in [6, 6.07) is 14.2. The molecule has 0 bridgehead atoms. The Morgan fingerprint density at radius 2 is 1.39 bits per heavy atom. The fourth-order valence-corrected chi connectivity index (χ4v) is 12.6. The van der Waals surface area contributed by atoms with Crippen LogP contribution in [-0.2, 0) is 36.6 Å². The van der Waals surface area contributed by atoms with E-state index in [0.29, 0.717) is 36.3 Å². The number of carbonyl (C=O) groups is 1. The second-order valence-corrected chi connectivity index (χ2v) is 19.2. The maximum Gasteiger partial charge on any atom is 0.269 e. The molecule has 0 amide bonds. The van der Waals surface area contributed by atoms with Crippen LogP contribution in [0.25, 0.3) is 0 Å². The van der Waals surface area contributed by atoms with E-state index in [1.165, 1.54) is 12.1 Å². The van der Waals surface area contributed by atoms with Crippen LogP contribution >= 0.6 is 0 Å². The third-order valence-corrected chi connectivity index (χ3v) is 15.8. The summed E-state index contributed by atoms with van der Waals surface area (Å²) in [5.74, 6) is 0.682. The molecule has 2 aromatic rings. The van der Waals surface area contributed by atoms with Crippen LogP contribution < -0.4 is 4.74 Å². The molecule has 9 nitrogen and oxygen atoms in total. The van der Waals surface area contributed by atoms with Crippen molar-refractivity contribution in [1.29, 1.82) is 0 Å². The Morgan fingerprint density at radius 3 is 1.88 bits per heavy atom. The first-order chi connectivity index (χ1) is 23.2. The van der Waals surface area contributed by atoms with Crippen molar-refractivity contribution in [3.63, 3.8) is 0 Å². The molecular formula is C39H59NO8Si. The minimum absolute atomic E-state index is 0.0310. The maximum absolute atomic E-state index is 11.7. The Morgan fingerprint density at radius 1 is 0.837 bits per heavy atom. The van der Waals surface area contributed by atoms with Gasteiger partial charge in [0.25, 0.3) is 5.69 Å². The Bertz CT molecular complexity index is 1330. The highest BCUT2D eigenvalue weighted by Crippen LogP contribution is 2.44. The molecule has 2 rings (SSSR count). The fraction of sp³-hybridized carbons (Fsp3) is 0.564. The van der Waals surface area contributed by atoms with Crippen LogP contribution in [0.2, 0.25) is 16.6 Å². The zero-order chi connectivity index (χ0) is 36.7. The number of allylic oxidation sites excluding steroid dienone is 1. The summed E-state index contributed by atoms with van der Waals surface area (Å²) in [4.78, 5) is 22.6. The van der Waals surface area contributed by atoms with E-state index in [1.54, 1.807) is 32.4 Å². The molecule has 0 N–H and O–H groups in total. The largest absolute Gasteiger partial charge is 0.497 e. The van der Waals surface area contributed by atoms with Crippen molar-refractivity contribution < 1.29 is 33.1 Å². The zero-order valence-corrected chi connectivity index (χ0v) is 32.4. The van der Waals surface area contributed by atoms with Crippen molar-refractivity contribution >= 4 is 20.3 Å². The Kier molecular flexibility index (Phi) is 17.6. The third-order valence-electron chi connectivity index (χ3n) is 9.67. The molecule has 272 valence electrons. The summed E-state index contributed by atoms with van der Waals surface area (Å²) in [7, 11) is 1.000. The normalized spacial score (nSPS) is 15.4. The molecule has 0 spiro atoms. The van der Waals surface area contributed by atoms with E-state index >= 15 is 0 Å². The highest BCUT2D eigenvalue weighted by molar-refractivity contribution is 6.77. The summed E-state index contributed by atoms with van der Waals surface area (Å²) in [5, 5.41) is 11.2. The third kappa shape index (κ3) is 12.0. The van der Waals surface area contributed by atoms with Gasteiger partial charge in [-0.2, -0.15) is 0 Å². The van der Waals surface area contributed by atoms with Crippen LogP contribution in [0.15, 0.2) is 71.8 Å². The van der Waals surface area contributed by atoms with E-state index in [2.05, 4.69) is 48.5 Å². The number of nitrogens with zero attached hydrogens (tertiary/aromatic N) is 1. The van der Waals surface area contributed by atoms with Gasteiger partial charge in [-0.3, -0.25) is 14.9 Å². The zero-order valence-electron chi connectivity index (χ0n) is 31.4. The lowest BCUT2D eigenvalue weighted by atomic mass is 9.88. The standard InChI is InChI=1S/C39H59NO8Si/c1-27(2)49(28(3)4,29(5)6)48-37(30(7)20-22-41)24-38(47-26-34-12-16-35(17-13-34)40(42)43)32(9)39(45-11)31(8)21-23-46-25-33-14-18-36(44-10)19-15-33/h12-22,27-29,32,37-39H,23-26H2,1-11H3/b30-20+,31-21+. The van der Waals surface area contributed by atoms with Crippen LogP contribution in [0.4, 0.5) is 5.69 Å². The maximum atomic E-state index is 11.7. The molecule has 0 aliphatic rings. The number of hydrogen-bond acceptors (Lipinski definition) is 8. The minimum Gasteiger partial charge on any atom is -0.497 e. The van der Waals surface area contributed by atoms with Gasteiger partial charge >= 0.3 is 0 Å². The second-order valence-electron chi connectivity index (χ2n) is 13.8. The Hall–Kier alpha value is -3.15. The van der Waals surface area contributed by atoms with Gasteiger partial charge in [-0.05, 0) is 83.1 Å². The van der Waals surface area contributed by atoms with Gasteiger partial charge in [0.15, 0.2) is 0 Å². The molecule has 0 saturated heterocycles. The highest BCUT2D eigenvalue weighted by Gasteiger charge is 2.47. The van der Waals surface area contributed by atoms with Gasteiger partial charge in [-0.15, -0.1) is 0 Å². The number of methoxy groups -OCH3 is 2. The molecule has 0 aliphatic heterocycles. The second kappa shape index (κ2) is 20.5. The van der Waals surface area contributed by atoms with Crippen LogP contribution in [-0.4, -0.2) is 58.7 Å². The van der Waals surface area contributed by atoms with E-state index in [9.17, 15) is 14.9 Å². The van der Waals surface area contributed by atoms with Crippen molar-refractivity contribution in [3.05, 3.63) is 93.1 Å². The number of ether oxygens (including phenoxy) is 4. The van der Waals surface area contributed by atoms with Gasteiger partial charge in [0.2, 0.25) is 8.32 Å². The van der Waals surface area contributed by atoms with Gasteiger partial charge < -0.3 is 23.4 Å². The molecular weight excluding hydrogens is 639 g/mol. The van der Waals surface area contributed by atoms with E-state index in [-0.39, 0.29) is 36.5 Å². The van der Waals surface area contributed by atoms with Gasteiger partial charge in [-0.25, -0.2) is 0 Å². The number of benzene rings is 2. The molecule has 0 aromatic heterocycles. The molecule has 4 unspecified atom stereocenters. The Balaban J connectivity index is 2.41. The summed E-state index contributed by atoms with van der Waals surface area (Å²) in [6.07, 6.45) is 3.99. The number of non-ortho nitro benzene ring substituents is 1. The molecule has 4 atom stereocenters. The number of carbonyl (C=O) groups excluding carboxylic acids is 1. The van der Waals surface area contributed by atoms with Gasteiger partial charge in [0.1, 0.15) is 12.0 Å². The lowest BCUT2D eigenvalue weighted by Gasteiger charge is -2.46. The number of hydrogen-bond donors (Lipinski definition) is 0. The number of nitro benzene ring substituents is 1. The van der Waals surface area contributed by atoms with Crippen LogP contribution in [0.1, 0.15) is 79.9 Å². The quantitative estimate of drug-likeness (QED) is 0.0228. The molecule has 0 heterocycles. The first-order valence-electron chi connectivity index (χ1n) is 17.3. The van der Waals surface area contributed by atoms with Gasteiger partial charge in [-0.1, -0.05) is 66.7 Å². The number of nitro groups is 1. The van der Waals surface area contributed by atoms with Crippen molar-refractivity contribution in [2.45, 2.75) is 117 Å². The summed E-state index contributed by atoms with van der Waals surface area (Å²) < 4.78 is 31.3. The molecule has 49 heavy (non-hydrogen) atoms. The smallest absolute Gasteiger partial charge is 0.269 e. The van der Waals surface area contributed by atoms with Gasteiger partial charge in [0, 0.05) is 31.6 Å². The first kappa shape index (κ1) is 42.0. The number of aldehydes is 1. The van der Waals surface area contributed by atoms with Crippen molar-refractivity contribution in [2.24, 2.45) is 5.92 Å². The van der Waals surface area contributed by atoms with E-state index in [1.807, 2.05) is 44.2 Å². The minimum atomic E-state index is -2.34. The van der Waals surface area contributed by atoms with Crippen molar-refractivity contribution in [3.8, 4) is 5.75 Å². The average Bonchev–Trinajstić information content (AvgIpc) is 3.06. The predicted octanol–water partition coefficient (Wildman–Crippen LogP) is 9.40. The molecule has 10 heteroatoms. The topological polar surface area (TPSA) is 106 Å². The predicted molar refractivity (Wildman–Crippen MR) is 198 cm³/mol. The lowest BCUT2D eigenvalue weighted by Crippen LogP contribution is -2.51. The molecule has 0 radical (unpaired) electrons. The molecule has 0 saturated carbocycles. The molecule has 2 aromatic carbocycles. The first-order valence-corrected chi connectivity index (χ1v) is 19.4. The SMILES string of the molecule is COc1ccc(COC/C=C(\C)C(OC)C(C)C(CC(O[Si](C(C)C)(C(C)C)C(C)C)/C(C)=C/C=O)OCc2ccc([N+](=O)[O-])cc2)cc1.